The van der Waals surface area contributed by atoms with Gasteiger partial charge in [0.2, 0.25) is 0 Å². The van der Waals surface area contributed by atoms with Crippen LogP contribution in [0.2, 0.25) is 0 Å². The molecule has 0 saturated carbocycles. The largest absolute Gasteiger partial charge is 0.805 e. The zero-order valence-corrected chi connectivity index (χ0v) is 43.1. The van der Waals surface area contributed by atoms with Gasteiger partial charge >= 0.3 is 20.2 Å². The fourth-order valence-electron chi connectivity index (χ4n) is 7.99. The number of hydrogen-bond acceptors (Lipinski definition) is 7. The third-order valence-electron chi connectivity index (χ3n) is 11.7. The van der Waals surface area contributed by atoms with Gasteiger partial charge in [-0.2, -0.15) is 0 Å². The van der Waals surface area contributed by atoms with Gasteiger partial charge < -0.3 is 9.47 Å². The molecule has 0 fully saturated rings. The number of carbonyl (C=O) groups is 2. The van der Waals surface area contributed by atoms with E-state index in [1.54, 1.807) is 24.3 Å². The van der Waals surface area contributed by atoms with Gasteiger partial charge in [-0.3, -0.25) is 0 Å². The van der Waals surface area contributed by atoms with Gasteiger partial charge in [0, 0.05) is 4.57 Å². The van der Waals surface area contributed by atoms with Crippen molar-refractivity contribution in [1.82, 2.24) is 0 Å². The van der Waals surface area contributed by atoms with Crippen LogP contribution in [-0.2, 0) is 35.7 Å². The van der Waals surface area contributed by atoms with Gasteiger partial charge in [0.25, 0.3) is 0 Å². The summed E-state index contributed by atoms with van der Waals surface area (Å²) in [7, 11) is -2.70. The van der Waals surface area contributed by atoms with Gasteiger partial charge in [0.05, 0.1) is 24.3 Å². The van der Waals surface area contributed by atoms with Crippen LogP contribution in [0.15, 0.2) is 24.3 Å². The molecule has 0 aliphatic carbocycles. The van der Waals surface area contributed by atoms with Crippen molar-refractivity contribution < 1.29 is 32.7 Å². The van der Waals surface area contributed by atoms with E-state index in [2.05, 4.69) is 96.9 Å². The highest BCUT2D eigenvalue weighted by Gasteiger charge is 2.36. The molecule has 0 radical (unpaired) electrons. The van der Waals surface area contributed by atoms with Gasteiger partial charge in [-0.15, -0.1) is 0 Å². The van der Waals surface area contributed by atoms with Gasteiger partial charge in [-0.05, 0) is 81.0 Å². The van der Waals surface area contributed by atoms with Crippen LogP contribution in [0.5, 0.6) is 11.5 Å². The van der Waals surface area contributed by atoms with Crippen molar-refractivity contribution in [3.05, 3.63) is 57.6 Å². The van der Waals surface area contributed by atoms with Gasteiger partial charge in [0.15, 0.2) is 11.5 Å². The van der Waals surface area contributed by atoms with Crippen molar-refractivity contribution in [2.75, 3.05) is 13.2 Å². The van der Waals surface area contributed by atoms with Gasteiger partial charge in [-0.25, -0.2) is 18.6 Å². The Labute approximate surface area is 380 Å². The highest BCUT2D eigenvalue weighted by atomic mass is 31.1. The highest BCUT2D eigenvalue weighted by Crippen LogP contribution is 2.43. The topological polar surface area (TPSA) is 88.1 Å². The molecule has 0 heterocycles. The molecule has 0 saturated heterocycles. The van der Waals surface area contributed by atoms with E-state index in [4.69, 9.17) is 18.5 Å². The molecule has 0 bridgehead atoms. The Morgan fingerprint density at radius 3 is 0.855 bits per heavy atom. The third-order valence-corrected chi connectivity index (χ3v) is 12.4. The van der Waals surface area contributed by atoms with Crippen LogP contribution < -0.4 is 9.05 Å². The summed E-state index contributed by atoms with van der Waals surface area (Å²) >= 11 is 0. The Bertz CT molecular complexity index is 1470. The number of esters is 2. The predicted molar refractivity (Wildman–Crippen MR) is 261 cm³/mol. The minimum Gasteiger partial charge on any atom is -0.462 e. The average molecular weight is 882 g/mol. The van der Waals surface area contributed by atoms with E-state index in [-0.39, 0.29) is 11.9 Å². The SMILES string of the molecule is CCCCCCCCCCCCOC(=O)c1c(C(C)(C)C)cc(O[P+](=O)Oc2cc(C(C)(C)C)c(C(=O)OCCCCCCCCCCCC)c(C(C)(C)C)c2)cc1C(C)(C)C. The van der Waals surface area contributed by atoms with Crippen molar-refractivity contribution >= 4 is 20.2 Å². The lowest BCUT2D eigenvalue weighted by Gasteiger charge is -2.29. The van der Waals surface area contributed by atoms with Crippen LogP contribution in [0, 0.1) is 0 Å². The summed E-state index contributed by atoms with van der Waals surface area (Å²) in [5, 5.41) is 0. The van der Waals surface area contributed by atoms with Crippen molar-refractivity contribution in [2.24, 2.45) is 0 Å². The van der Waals surface area contributed by atoms with Crippen molar-refractivity contribution in [3.63, 3.8) is 0 Å². The summed E-state index contributed by atoms with van der Waals surface area (Å²) < 4.78 is 37.9. The second-order valence-electron chi connectivity index (χ2n) is 21.8. The maximum absolute atomic E-state index is 13.9. The molecule has 2 aromatic rings. The van der Waals surface area contributed by atoms with E-state index in [9.17, 15) is 14.2 Å². The molecule has 352 valence electrons. The summed E-state index contributed by atoms with van der Waals surface area (Å²) in [5.74, 6) is 0.0296. The maximum atomic E-state index is 13.9. The van der Waals surface area contributed by atoms with E-state index >= 15 is 0 Å². The van der Waals surface area contributed by atoms with Crippen molar-refractivity contribution in [2.45, 2.75) is 247 Å². The first-order chi connectivity index (χ1) is 29.0. The Kier molecular flexibility index (Phi) is 23.8. The lowest BCUT2D eigenvalue weighted by atomic mass is 9.76. The minimum absolute atomic E-state index is 0.338. The standard InChI is InChI=1S/C54H90O7P/c1-15-17-19-21-23-25-27-29-31-33-35-58-49(55)47-43(51(3,4)5)37-41(38-44(47)52(6,7)8)60-62(57)61-42-39-45(53(9,10)11)48(46(40-42)54(12,13)14)50(56)59-36-34-32-30-28-26-24-22-20-18-16-2/h37-40H,15-36H2,1-14H3/q+1. The molecule has 7 nitrogen and oxygen atoms in total. The summed E-state index contributed by atoms with van der Waals surface area (Å²) in [6.07, 6.45) is 24.2. The van der Waals surface area contributed by atoms with Crippen molar-refractivity contribution in [3.8, 4) is 11.5 Å². The lowest BCUT2D eigenvalue weighted by molar-refractivity contribution is 0.0483. The zero-order chi connectivity index (χ0) is 46.6. The van der Waals surface area contributed by atoms with Crippen LogP contribution in [0.1, 0.15) is 268 Å². The van der Waals surface area contributed by atoms with Crippen LogP contribution in [0.4, 0.5) is 0 Å². The molecule has 0 aliphatic rings. The molecule has 0 aromatic heterocycles. The normalized spacial score (nSPS) is 12.4. The van der Waals surface area contributed by atoms with Crippen LogP contribution in [0.3, 0.4) is 0 Å². The van der Waals surface area contributed by atoms with Gasteiger partial charge in [-0.1, -0.05) is 213 Å². The summed E-state index contributed by atoms with van der Waals surface area (Å²) in [6.45, 7) is 29.9. The molecule has 0 aliphatic heterocycles. The molecular formula is C54H90O7P+. The minimum atomic E-state index is -2.70. The third kappa shape index (κ3) is 19.9. The molecule has 0 atom stereocenters. The highest BCUT2D eigenvalue weighted by molar-refractivity contribution is 7.34. The summed E-state index contributed by atoms with van der Waals surface area (Å²) in [6, 6.07) is 7.21. The second kappa shape index (κ2) is 26.8. The average Bonchev–Trinajstić information content (AvgIpc) is 3.16. The quantitative estimate of drug-likeness (QED) is 0.0478. The number of hydrogen-bond donors (Lipinski definition) is 0. The number of carbonyl (C=O) groups excluding carboxylic acids is 2. The van der Waals surface area contributed by atoms with Crippen LogP contribution >= 0.6 is 8.25 Å². The van der Waals surface area contributed by atoms with E-state index < -0.39 is 29.9 Å². The Morgan fingerprint density at radius 1 is 0.403 bits per heavy atom. The Morgan fingerprint density at radius 2 is 0.629 bits per heavy atom. The number of ether oxygens (including phenoxy) is 2. The molecule has 62 heavy (non-hydrogen) atoms. The maximum Gasteiger partial charge on any atom is 0.805 e. The molecule has 0 spiro atoms. The Hall–Kier alpha value is -2.92. The molecule has 0 amide bonds. The van der Waals surface area contributed by atoms with E-state index in [0.717, 1.165) is 60.8 Å². The first kappa shape index (κ1) is 55.2. The smallest absolute Gasteiger partial charge is 0.462 e. The molecule has 2 rings (SSSR count). The van der Waals surface area contributed by atoms with Crippen LogP contribution in [0.25, 0.3) is 0 Å². The number of rotatable bonds is 28. The first-order valence-corrected chi connectivity index (χ1v) is 25.7. The summed E-state index contributed by atoms with van der Waals surface area (Å²) in [5.41, 5.74) is 2.36. The van der Waals surface area contributed by atoms with E-state index in [1.165, 1.54) is 89.9 Å². The fraction of sp³-hybridized carbons (Fsp3) is 0.741. The van der Waals surface area contributed by atoms with Crippen molar-refractivity contribution in [1.29, 1.82) is 0 Å². The predicted octanol–water partition coefficient (Wildman–Crippen LogP) is 17.1. The first-order valence-electron chi connectivity index (χ1n) is 24.6. The second-order valence-corrected chi connectivity index (χ2v) is 22.6. The zero-order valence-electron chi connectivity index (χ0n) is 42.2. The number of benzene rings is 2. The van der Waals surface area contributed by atoms with Gasteiger partial charge in [0.1, 0.15) is 0 Å². The van der Waals surface area contributed by atoms with Crippen LogP contribution in [-0.4, -0.2) is 25.2 Å². The molecular weight excluding hydrogens is 792 g/mol. The number of unbranched alkanes of at least 4 members (excludes halogenated alkanes) is 18. The molecule has 8 heteroatoms. The Balaban J connectivity index is 2.25. The monoisotopic (exact) mass is 882 g/mol. The van der Waals surface area contributed by atoms with E-state index in [1.807, 2.05) is 0 Å². The van der Waals surface area contributed by atoms with E-state index in [0.29, 0.717) is 35.8 Å². The summed E-state index contributed by atoms with van der Waals surface area (Å²) in [4.78, 5) is 27.8. The lowest BCUT2D eigenvalue weighted by Crippen LogP contribution is -2.25. The fourth-order valence-corrected chi connectivity index (χ4v) is 8.58. The molecule has 0 N–H and O–H groups in total. The molecule has 2 aromatic carbocycles. The molecule has 0 unspecified atom stereocenters.